The third kappa shape index (κ3) is 3.98. The van der Waals surface area contributed by atoms with Crippen LogP contribution in [0.25, 0.3) is 10.4 Å². The summed E-state index contributed by atoms with van der Waals surface area (Å²) in [5, 5.41) is 22.7. The molecule has 0 saturated carbocycles. The number of benzene rings is 1. The molecule has 0 saturated heterocycles. The molecule has 0 aliphatic rings. The molecule has 0 radical (unpaired) electrons. The second-order valence-corrected chi connectivity index (χ2v) is 4.28. The van der Waals surface area contributed by atoms with E-state index in [4.69, 9.17) is 5.53 Å². The quantitative estimate of drug-likeness (QED) is 0.497. The van der Waals surface area contributed by atoms with Gasteiger partial charge in [-0.2, -0.15) is 0 Å². The molecule has 0 aliphatic heterocycles. The van der Waals surface area contributed by atoms with Crippen LogP contribution < -0.4 is 0 Å². The van der Waals surface area contributed by atoms with E-state index >= 15 is 0 Å². The predicted octanol–water partition coefficient (Wildman–Crippen LogP) is 2.68. The molecule has 0 bridgehead atoms. The first-order valence-electron chi connectivity index (χ1n) is 4.88. The van der Waals surface area contributed by atoms with Crippen molar-refractivity contribution in [3.05, 3.63) is 44.5 Å². The van der Waals surface area contributed by atoms with Crippen molar-refractivity contribution in [3.8, 4) is 0 Å². The van der Waals surface area contributed by atoms with Crippen molar-refractivity contribution in [1.29, 1.82) is 0 Å². The van der Waals surface area contributed by atoms with Crippen LogP contribution >= 0.6 is 15.9 Å². The summed E-state index contributed by atoms with van der Waals surface area (Å²) in [4.78, 5) is 2.54. The normalized spacial score (nSPS) is 13.9. The third-order valence-electron chi connectivity index (χ3n) is 2.23. The van der Waals surface area contributed by atoms with Crippen LogP contribution in [0.1, 0.15) is 18.1 Å². The number of halogens is 2. The highest BCUT2D eigenvalue weighted by Crippen LogP contribution is 2.27. The monoisotopic (exact) mass is 303 g/mol. The highest BCUT2D eigenvalue weighted by atomic mass is 79.9. The molecule has 0 aromatic heterocycles. The minimum absolute atomic E-state index is 0.0908. The summed E-state index contributed by atoms with van der Waals surface area (Å²) in [6.07, 6.45) is -2.09. The van der Waals surface area contributed by atoms with Gasteiger partial charge < -0.3 is 10.2 Å². The zero-order valence-corrected chi connectivity index (χ0v) is 10.4. The summed E-state index contributed by atoms with van der Waals surface area (Å²) in [6, 6.07) is 3.79. The molecule has 17 heavy (non-hydrogen) atoms. The zero-order valence-electron chi connectivity index (χ0n) is 8.79. The summed E-state index contributed by atoms with van der Waals surface area (Å²) in [6.45, 7) is 0.0908. The molecule has 0 fully saturated rings. The first-order valence-corrected chi connectivity index (χ1v) is 5.67. The van der Waals surface area contributed by atoms with Gasteiger partial charge in [0, 0.05) is 15.9 Å². The highest BCUT2D eigenvalue weighted by molar-refractivity contribution is 9.10. The van der Waals surface area contributed by atoms with E-state index in [9.17, 15) is 14.6 Å². The van der Waals surface area contributed by atoms with Crippen molar-refractivity contribution in [1.82, 2.24) is 0 Å². The van der Waals surface area contributed by atoms with Crippen LogP contribution in [0.5, 0.6) is 0 Å². The molecule has 1 aromatic carbocycles. The number of aliphatic hydroxyl groups is 2. The predicted molar refractivity (Wildman–Crippen MR) is 63.7 cm³/mol. The Morgan fingerprint density at radius 1 is 1.47 bits per heavy atom. The fraction of sp³-hybridized carbons (Fsp3) is 0.400. The van der Waals surface area contributed by atoms with Crippen molar-refractivity contribution in [2.45, 2.75) is 18.6 Å². The van der Waals surface area contributed by atoms with Gasteiger partial charge in [-0.25, -0.2) is 4.39 Å². The van der Waals surface area contributed by atoms with E-state index in [-0.39, 0.29) is 13.0 Å². The molecule has 0 amide bonds. The summed E-state index contributed by atoms with van der Waals surface area (Å²) in [5.74, 6) is -0.434. The van der Waals surface area contributed by atoms with Crippen LogP contribution in [0.3, 0.4) is 0 Å². The third-order valence-corrected chi connectivity index (χ3v) is 2.92. The minimum atomic E-state index is -1.15. The Balaban J connectivity index is 2.73. The molecule has 2 atom stereocenters. The topological polar surface area (TPSA) is 89.2 Å². The minimum Gasteiger partial charge on any atom is -0.390 e. The molecule has 1 aromatic rings. The van der Waals surface area contributed by atoms with Crippen LogP contribution in [0.4, 0.5) is 4.39 Å². The van der Waals surface area contributed by atoms with Gasteiger partial charge in [-0.15, -0.1) is 0 Å². The number of rotatable bonds is 5. The number of azide groups is 1. The Kier molecular flexibility index (Phi) is 5.37. The first-order chi connectivity index (χ1) is 8.06. The van der Waals surface area contributed by atoms with Gasteiger partial charge in [0.15, 0.2) is 0 Å². The molecule has 0 spiro atoms. The molecule has 2 N–H and O–H groups in total. The Morgan fingerprint density at radius 2 is 2.18 bits per heavy atom. The van der Waals surface area contributed by atoms with Gasteiger partial charge in [0.25, 0.3) is 0 Å². The van der Waals surface area contributed by atoms with Gasteiger partial charge in [-0.05, 0) is 29.6 Å². The summed E-state index contributed by atoms with van der Waals surface area (Å²) < 4.78 is 13.2. The van der Waals surface area contributed by atoms with Crippen molar-refractivity contribution < 1.29 is 14.6 Å². The summed E-state index contributed by atoms with van der Waals surface area (Å²) in [5.41, 5.74) is 8.46. The van der Waals surface area contributed by atoms with Crippen LogP contribution in [-0.4, -0.2) is 22.9 Å². The highest BCUT2D eigenvalue weighted by Gasteiger charge is 2.20. The molecule has 1 rings (SSSR count). The van der Waals surface area contributed by atoms with Crippen molar-refractivity contribution in [2.75, 3.05) is 6.54 Å². The summed E-state index contributed by atoms with van der Waals surface area (Å²) >= 11 is 3.10. The molecule has 0 aliphatic carbocycles. The fourth-order valence-corrected chi connectivity index (χ4v) is 1.93. The molecule has 2 unspecified atom stereocenters. The molecule has 0 heterocycles. The lowest BCUT2D eigenvalue weighted by molar-refractivity contribution is 0.0146. The Labute approximate surface area is 106 Å². The number of hydrogen-bond acceptors (Lipinski definition) is 3. The van der Waals surface area contributed by atoms with Gasteiger partial charge >= 0.3 is 0 Å². The van der Waals surface area contributed by atoms with E-state index in [1.807, 2.05) is 0 Å². The maximum Gasteiger partial charge on any atom is 0.124 e. The van der Waals surface area contributed by atoms with E-state index in [2.05, 4.69) is 26.0 Å². The number of nitrogens with zero attached hydrogens (tertiary/aromatic N) is 3. The molecule has 92 valence electrons. The van der Waals surface area contributed by atoms with Gasteiger partial charge in [0.05, 0.1) is 6.10 Å². The average Bonchev–Trinajstić information content (AvgIpc) is 2.28. The van der Waals surface area contributed by atoms with Crippen molar-refractivity contribution in [2.24, 2.45) is 5.11 Å². The Hall–Kier alpha value is -1.14. The Bertz CT molecular complexity index is 438. The van der Waals surface area contributed by atoms with Crippen LogP contribution in [0, 0.1) is 5.82 Å². The lowest BCUT2D eigenvalue weighted by Gasteiger charge is -2.18. The lowest BCUT2D eigenvalue weighted by Crippen LogP contribution is -2.19. The number of hydrogen-bond donors (Lipinski definition) is 2. The van der Waals surface area contributed by atoms with Crippen LogP contribution in [0.15, 0.2) is 27.8 Å². The van der Waals surface area contributed by atoms with E-state index in [0.717, 1.165) is 0 Å². The zero-order chi connectivity index (χ0) is 12.8. The van der Waals surface area contributed by atoms with E-state index in [0.29, 0.717) is 10.0 Å². The summed E-state index contributed by atoms with van der Waals surface area (Å²) in [7, 11) is 0. The maximum atomic E-state index is 12.8. The van der Waals surface area contributed by atoms with Crippen LogP contribution in [-0.2, 0) is 0 Å². The standard InChI is InChI=1S/C10H11BrFN3O2/c11-8-5-6(12)1-2-7(8)10(17)9(16)3-4-14-15-13/h1-2,5,9-10,16-17H,3-4H2. The molecule has 5 nitrogen and oxygen atoms in total. The Morgan fingerprint density at radius 3 is 2.76 bits per heavy atom. The van der Waals surface area contributed by atoms with Gasteiger partial charge in [0.2, 0.25) is 0 Å². The smallest absolute Gasteiger partial charge is 0.124 e. The van der Waals surface area contributed by atoms with Crippen molar-refractivity contribution >= 4 is 15.9 Å². The maximum absolute atomic E-state index is 12.8. The van der Waals surface area contributed by atoms with Gasteiger partial charge in [-0.1, -0.05) is 27.1 Å². The largest absolute Gasteiger partial charge is 0.390 e. The van der Waals surface area contributed by atoms with Gasteiger partial charge in [0.1, 0.15) is 11.9 Å². The SMILES string of the molecule is [N-]=[N+]=NCCC(O)C(O)c1ccc(F)cc1Br. The molecular weight excluding hydrogens is 293 g/mol. The van der Waals surface area contributed by atoms with E-state index in [1.165, 1.54) is 18.2 Å². The first kappa shape index (κ1) is 13.9. The second kappa shape index (κ2) is 6.56. The average molecular weight is 304 g/mol. The van der Waals surface area contributed by atoms with E-state index < -0.39 is 18.0 Å². The fourth-order valence-electron chi connectivity index (χ4n) is 1.34. The molecular formula is C10H11BrFN3O2. The van der Waals surface area contributed by atoms with E-state index in [1.54, 1.807) is 0 Å². The molecule has 7 heteroatoms. The number of aliphatic hydroxyl groups excluding tert-OH is 2. The van der Waals surface area contributed by atoms with Gasteiger partial charge in [-0.3, -0.25) is 0 Å². The second-order valence-electron chi connectivity index (χ2n) is 3.42. The lowest BCUT2D eigenvalue weighted by atomic mass is 10.0. The van der Waals surface area contributed by atoms with Crippen molar-refractivity contribution in [3.63, 3.8) is 0 Å². The van der Waals surface area contributed by atoms with Crippen LogP contribution in [0.2, 0.25) is 0 Å².